The maximum atomic E-state index is 5.41. The molecule has 3 rings (SSSR count). The van der Waals surface area contributed by atoms with E-state index in [4.69, 9.17) is 9.73 Å². The molecule has 17 heavy (non-hydrogen) atoms. The van der Waals surface area contributed by atoms with Crippen LogP contribution in [0.25, 0.3) is 0 Å². The van der Waals surface area contributed by atoms with Gasteiger partial charge in [0.05, 0.1) is 12.1 Å². The largest absolute Gasteiger partial charge is 0.381 e. The third-order valence-corrected chi connectivity index (χ3v) is 5.47. The van der Waals surface area contributed by atoms with Gasteiger partial charge < -0.3 is 10.1 Å². The van der Waals surface area contributed by atoms with Crippen LogP contribution in [0.2, 0.25) is 0 Å². The molecule has 0 aromatic heterocycles. The lowest BCUT2D eigenvalue weighted by atomic mass is 10.1. The highest BCUT2D eigenvalue weighted by Crippen LogP contribution is 2.35. The Kier molecular flexibility index (Phi) is 3.61. The van der Waals surface area contributed by atoms with E-state index in [1.807, 2.05) is 18.9 Å². The van der Waals surface area contributed by atoms with Gasteiger partial charge in [-0.15, -0.1) is 0 Å². The predicted molar refractivity (Wildman–Crippen MR) is 72.6 cm³/mol. The number of aliphatic imine (C=N–C) groups is 1. The van der Waals surface area contributed by atoms with Crippen LogP contribution >= 0.6 is 11.8 Å². The molecular formula is C13H22N2OS. The molecule has 2 saturated carbocycles. The first kappa shape index (κ1) is 11.8. The van der Waals surface area contributed by atoms with E-state index < -0.39 is 0 Å². The number of hydrogen-bond acceptors (Lipinski definition) is 4. The lowest BCUT2D eigenvalue weighted by molar-refractivity contribution is 0.107. The Hall–Kier alpha value is -0.220. The molecule has 3 nitrogen and oxygen atoms in total. The third-order valence-electron chi connectivity index (χ3n) is 4.38. The smallest absolute Gasteiger partial charge is 0.157 e. The van der Waals surface area contributed by atoms with Gasteiger partial charge in [0, 0.05) is 18.9 Å². The summed E-state index contributed by atoms with van der Waals surface area (Å²) >= 11 is 1.93. The highest BCUT2D eigenvalue weighted by molar-refractivity contribution is 8.13. The molecule has 4 unspecified atom stereocenters. The first-order valence-corrected chi connectivity index (χ1v) is 7.83. The fourth-order valence-corrected chi connectivity index (χ4v) is 4.52. The summed E-state index contributed by atoms with van der Waals surface area (Å²) < 4.78 is 5.41. The van der Waals surface area contributed by atoms with Gasteiger partial charge in [-0.1, -0.05) is 18.2 Å². The Morgan fingerprint density at radius 3 is 3.06 bits per heavy atom. The van der Waals surface area contributed by atoms with Crippen LogP contribution in [0, 0.1) is 5.92 Å². The van der Waals surface area contributed by atoms with E-state index in [0.29, 0.717) is 18.2 Å². The number of rotatable bonds is 2. The zero-order chi connectivity index (χ0) is 11.7. The second-order valence-electron chi connectivity index (χ2n) is 5.52. The summed E-state index contributed by atoms with van der Waals surface area (Å²) in [5.74, 6) is 2.14. The standard InChI is InChI=1S/C13H22N2OS/c1-16-11-6-5-10(7-11)14-13-15-12-4-2-3-9(12)8-17-13/h9-12H,2-8H2,1H3,(H,14,15). The number of nitrogens with one attached hydrogen (secondary N) is 1. The number of thioether (sulfide) groups is 1. The van der Waals surface area contributed by atoms with E-state index >= 15 is 0 Å². The lowest BCUT2D eigenvalue weighted by Gasteiger charge is -2.25. The van der Waals surface area contributed by atoms with Crippen molar-refractivity contribution in [3.8, 4) is 0 Å². The normalized spacial score (nSPS) is 41.1. The topological polar surface area (TPSA) is 33.6 Å². The first-order valence-electron chi connectivity index (χ1n) is 6.85. The molecule has 4 heteroatoms. The Balaban J connectivity index is 1.55. The van der Waals surface area contributed by atoms with Gasteiger partial charge in [0.1, 0.15) is 0 Å². The summed E-state index contributed by atoms with van der Waals surface area (Å²) in [5.41, 5.74) is 0. The molecule has 0 spiro atoms. The van der Waals surface area contributed by atoms with Crippen LogP contribution in [0.15, 0.2) is 4.99 Å². The second-order valence-corrected chi connectivity index (χ2v) is 6.52. The highest BCUT2D eigenvalue weighted by atomic mass is 32.2. The molecule has 3 aliphatic rings. The zero-order valence-electron chi connectivity index (χ0n) is 10.5. The summed E-state index contributed by atoms with van der Waals surface area (Å²) in [4.78, 5) is 4.89. The first-order chi connectivity index (χ1) is 8.35. The maximum absolute atomic E-state index is 5.41. The molecule has 2 fully saturated rings. The molecule has 0 radical (unpaired) electrons. The average Bonchev–Trinajstić information content (AvgIpc) is 2.96. The Morgan fingerprint density at radius 2 is 2.24 bits per heavy atom. The minimum Gasteiger partial charge on any atom is -0.381 e. The van der Waals surface area contributed by atoms with Crippen molar-refractivity contribution >= 4 is 16.9 Å². The van der Waals surface area contributed by atoms with Gasteiger partial charge in [-0.25, -0.2) is 0 Å². The average molecular weight is 254 g/mol. The van der Waals surface area contributed by atoms with Gasteiger partial charge in [-0.05, 0) is 38.0 Å². The van der Waals surface area contributed by atoms with Gasteiger partial charge in [-0.3, -0.25) is 4.99 Å². The van der Waals surface area contributed by atoms with Crippen LogP contribution in [0.4, 0.5) is 0 Å². The minimum atomic E-state index is 0.459. The summed E-state index contributed by atoms with van der Waals surface area (Å²) in [6.45, 7) is 0. The molecule has 1 heterocycles. The summed E-state index contributed by atoms with van der Waals surface area (Å²) in [6, 6.07) is 1.21. The Morgan fingerprint density at radius 1 is 1.29 bits per heavy atom. The van der Waals surface area contributed by atoms with E-state index in [1.165, 1.54) is 43.0 Å². The van der Waals surface area contributed by atoms with Crippen molar-refractivity contribution < 1.29 is 4.74 Å². The van der Waals surface area contributed by atoms with Gasteiger partial charge in [0.2, 0.25) is 0 Å². The fraction of sp³-hybridized carbons (Fsp3) is 0.923. The van der Waals surface area contributed by atoms with Gasteiger partial charge >= 0.3 is 0 Å². The quantitative estimate of drug-likeness (QED) is 0.821. The molecule has 2 aliphatic carbocycles. The molecule has 0 aromatic rings. The van der Waals surface area contributed by atoms with Crippen LogP contribution < -0.4 is 5.32 Å². The van der Waals surface area contributed by atoms with E-state index in [-0.39, 0.29) is 0 Å². The summed E-state index contributed by atoms with van der Waals surface area (Å²) in [5, 5.41) is 4.83. The number of amidine groups is 1. The van der Waals surface area contributed by atoms with E-state index in [0.717, 1.165) is 12.3 Å². The molecule has 1 aliphatic heterocycles. The molecular weight excluding hydrogens is 232 g/mol. The number of hydrogen-bond donors (Lipinski definition) is 1. The SMILES string of the molecule is COC1CCC(NC2=NC3CCCC3CS2)C1. The molecule has 0 bridgehead atoms. The van der Waals surface area contributed by atoms with Crippen molar-refractivity contribution in [3.63, 3.8) is 0 Å². The van der Waals surface area contributed by atoms with Crippen LogP contribution in [-0.4, -0.2) is 36.2 Å². The van der Waals surface area contributed by atoms with Crippen molar-refractivity contribution in [2.75, 3.05) is 12.9 Å². The van der Waals surface area contributed by atoms with Crippen molar-refractivity contribution in [2.45, 2.75) is 56.7 Å². The van der Waals surface area contributed by atoms with Gasteiger partial charge in [0.25, 0.3) is 0 Å². The van der Waals surface area contributed by atoms with Gasteiger partial charge in [-0.2, -0.15) is 0 Å². The minimum absolute atomic E-state index is 0.459. The lowest BCUT2D eigenvalue weighted by Crippen LogP contribution is -2.36. The fourth-order valence-electron chi connectivity index (χ4n) is 3.29. The number of nitrogens with zero attached hydrogens (tertiary/aromatic N) is 1. The third kappa shape index (κ3) is 2.63. The van der Waals surface area contributed by atoms with Crippen LogP contribution in [0.1, 0.15) is 38.5 Å². The Bertz CT molecular complexity index is 308. The monoisotopic (exact) mass is 254 g/mol. The summed E-state index contributed by atoms with van der Waals surface area (Å²) in [6.07, 6.45) is 8.10. The highest BCUT2D eigenvalue weighted by Gasteiger charge is 2.32. The van der Waals surface area contributed by atoms with E-state index in [9.17, 15) is 0 Å². The van der Waals surface area contributed by atoms with E-state index in [2.05, 4.69) is 5.32 Å². The number of methoxy groups -OCH3 is 1. The van der Waals surface area contributed by atoms with Crippen LogP contribution in [0.3, 0.4) is 0 Å². The Labute approximate surface area is 108 Å². The van der Waals surface area contributed by atoms with Crippen molar-refractivity contribution in [2.24, 2.45) is 10.9 Å². The molecule has 0 saturated heterocycles. The zero-order valence-corrected chi connectivity index (χ0v) is 11.3. The van der Waals surface area contributed by atoms with Crippen molar-refractivity contribution in [1.29, 1.82) is 0 Å². The summed E-state index contributed by atoms with van der Waals surface area (Å²) in [7, 11) is 1.82. The molecule has 0 aromatic carbocycles. The molecule has 96 valence electrons. The van der Waals surface area contributed by atoms with Crippen LogP contribution in [-0.2, 0) is 4.74 Å². The van der Waals surface area contributed by atoms with Crippen molar-refractivity contribution in [1.82, 2.24) is 5.32 Å². The van der Waals surface area contributed by atoms with E-state index in [1.54, 1.807) is 0 Å². The molecule has 4 atom stereocenters. The van der Waals surface area contributed by atoms with Crippen molar-refractivity contribution in [3.05, 3.63) is 0 Å². The number of ether oxygens (including phenoxy) is 1. The molecule has 0 amide bonds. The number of fused-ring (bicyclic) bond motifs is 1. The predicted octanol–water partition coefficient (Wildman–Crippen LogP) is 2.42. The molecule has 1 N–H and O–H groups in total. The maximum Gasteiger partial charge on any atom is 0.157 e. The van der Waals surface area contributed by atoms with Crippen LogP contribution in [0.5, 0.6) is 0 Å². The van der Waals surface area contributed by atoms with Gasteiger partial charge in [0.15, 0.2) is 5.17 Å². The second kappa shape index (κ2) is 5.19.